The number of fused-ring (bicyclic) bond motifs is 1. The lowest BCUT2D eigenvalue weighted by Gasteiger charge is -2.34. The van der Waals surface area contributed by atoms with Crippen LogP contribution in [0.4, 0.5) is 8.78 Å². The van der Waals surface area contributed by atoms with Crippen LogP contribution in [0.5, 0.6) is 0 Å². The Balaban J connectivity index is 1.30. The third-order valence-electron chi connectivity index (χ3n) is 6.01. The zero-order chi connectivity index (χ0) is 21.0. The summed E-state index contributed by atoms with van der Waals surface area (Å²) in [6.45, 7) is 1.42. The van der Waals surface area contributed by atoms with E-state index < -0.39 is 6.17 Å². The quantitative estimate of drug-likeness (QED) is 0.390. The Morgan fingerprint density at radius 2 is 1.81 bits per heavy atom. The number of hydrogen-bond acceptors (Lipinski definition) is 4. The minimum absolute atomic E-state index is 0.248. The van der Waals surface area contributed by atoms with Crippen LogP contribution in [0.25, 0.3) is 20.9 Å². The number of alkyl halides is 1. The van der Waals surface area contributed by atoms with Gasteiger partial charge in [-0.1, -0.05) is 59.9 Å². The number of aromatic nitrogens is 2. The molecule has 154 valence electrons. The van der Waals surface area contributed by atoms with E-state index in [-0.39, 0.29) is 11.2 Å². The van der Waals surface area contributed by atoms with Crippen molar-refractivity contribution >= 4 is 21.7 Å². The summed E-state index contributed by atoms with van der Waals surface area (Å²) < 4.78 is 27.9. The maximum absolute atomic E-state index is 14.9. The van der Waals surface area contributed by atoms with Crippen LogP contribution in [0.15, 0.2) is 72.8 Å². The van der Waals surface area contributed by atoms with E-state index in [4.69, 9.17) is 4.98 Å². The molecule has 0 atom stereocenters. The highest BCUT2D eigenvalue weighted by Gasteiger charge is 2.39. The van der Waals surface area contributed by atoms with Crippen molar-refractivity contribution in [2.45, 2.75) is 18.1 Å². The van der Waals surface area contributed by atoms with Gasteiger partial charge in [-0.05, 0) is 35.4 Å². The zero-order valence-corrected chi connectivity index (χ0v) is 17.4. The van der Waals surface area contributed by atoms with E-state index in [9.17, 15) is 8.78 Å². The van der Waals surface area contributed by atoms with E-state index in [0.29, 0.717) is 30.2 Å². The number of halogens is 2. The van der Waals surface area contributed by atoms with Gasteiger partial charge in [-0.3, -0.25) is 4.90 Å². The monoisotopic (exact) mass is 431 g/mol. The van der Waals surface area contributed by atoms with Gasteiger partial charge >= 0.3 is 0 Å². The normalized spacial score (nSPS) is 17.7. The fraction of sp³-hybridized carbons (Fsp3) is 0.200. The van der Waals surface area contributed by atoms with E-state index in [0.717, 1.165) is 21.6 Å². The van der Waals surface area contributed by atoms with Gasteiger partial charge in [0.1, 0.15) is 27.3 Å². The Morgan fingerprint density at radius 1 is 1.00 bits per heavy atom. The standard InChI is InChI=1S/C25H19F2N3S/c26-18-14-30(15-18)13-16-6-7-19(20(27)12-16)23-28-21-8-9-22(29-24(21)31-23)25(10-11-25)17-4-2-1-3-5-17/h1-12,18H,13-15H2. The lowest BCUT2D eigenvalue weighted by molar-refractivity contribution is 0.0590. The molecule has 6 heteroatoms. The van der Waals surface area contributed by atoms with E-state index in [1.807, 2.05) is 41.3 Å². The van der Waals surface area contributed by atoms with Gasteiger partial charge in [0, 0.05) is 25.2 Å². The Kier molecular flexibility index (Phi) is 4.26. The van der Waals surface area contributed by atoms with Gasteiger partial charge in [0.05, 0.1) is 11.1 Å². The van der Waals surface area contributed by atoms with Gasteiger partial charge in [0.15, 0.2) is 0 Å². The van der Waals surface area contributed by atoms with E-state index in [2.05, 4.69) is 29.3 Å². The third-order valence-corrected chi connectivity index (χ3v) is 7.01. The van der Waals surface area contributed by atoms with Crippen LogP contribution in [0.3, 0.4) is 0 Å². The fourth-order valence-corrected chi connectivity index (χ4v) is 5.16. The molecule has 1 aliphatic carbocycles. The first-order valence-electron chi connectivity index (χ1n) is 10.3. The van der Waals surface area contributed by atoms with Gasteiger partial charge in [-0.25, -0.2) is 18.7 Å². The molecule has 6 rings (SSSR count). The summed E-state index contributed by atoms with van der Waals surface area (Å²) in [6.07, 6.45) is 3.55. The lowest BCUT2D eigenvalue weighted by atomic mass is 9.89. The second-order valence-corrected chi connectivity index (χ2v) is 9.19. The average Bonchev–Trinajstić information content (AvgIpc) is 3.46. The number of nitrogens with zero attached hydrogens (tertiary/aromatic N) is 3. The van der Waals surface area contributed by atoms with E-state index in [1.165, 1.54) is 23.0 Å². The van der Waals surface area contributed by atoms with E-state index in [1.54, 1.807) is 6.07 Å². The number of rotatable bonds is 5. The topological polar surface area (TPSA) is 29.0 Å². The molecule has 2 aromatic carbocycles. The second kappa shape index (κ2) is 7.04. The molecular formula is C25H19F2N3S. The zero-order valence-electron chi connectivity index (χ0n) is 16.6. The van der Waals surface area contributed by atoms with Crippen LogP contribution >= 0.6 is 11.3 Å². The molecule has 1 fully saturated rings. The Morgan fingerprint density at radius 3 is 2.52 bits per heavy atom. The molecule has 1 aliphatic heterocycles. The van der Waals surface area contributed by atoms with Crippen molar-refractivity contribution in [1.82, 2.24) is 14.9 Å². The first kappa shape index (κ1) is 18.8. The third kappa shape index (κ3) is 3.27. The van der Waals surface area contributed by atoms with Crippen molar-refractivity contribution in [3.63, 3.8) is 0 Å². The first-order valence-corrected chi connectivity index (χ1v) is 11.1. The maximum atomic E-state index is 14.9. The molecule has 0 bridgehead atoms. The summed E-state index contributed by atoms with van der Waals surface area (Å²) in [5.74, 6) is -0.307. The Bertz CT molecular complexity index is 1300. The molecule has 4 aromatic rings. The summed E-state index contributed by atoms with van der Waals surface area (Å²) >= 11 is 1.40. The second-order valence-electron chi connectivity index (χ2n) is 8.21. The van der Waals surface area contributed by atoms with Gasteiger partial charge in [0.25, 0.3) is 0 Å². The van der Waals surface area contributed by atoms with Crippen molar-refractivity contribution in [3.05, 3.63) is 95.5 Å². The SMILES string of the molecule is Fc1cc(CN2CC(F)C2)ccc1-c1nc2ccc(C3(c4ccccc4)C=C3)nc2s1. The molecule has 2 aromatic heterocycles. The number of pyridine rings is 1. The van der Waals surface area contributed by atoms with Crippen molar-refractivity contribution in [3.8, 4) is 10.6 Å². The van der Waals surface area contributed by atoms with Gasteiger partial charge in [-0.15, -0.1) is 0 Å². The van der Waals surface area contributed by atoms with Gasteiger partial charge < -0.3 is 0 Å². The Labute approximate surface area is 182 Å². The average molecular weight is 432 g/mol. The van der Waals surface area contributed by atoms with Crippen LogP contribution in [0.1, 0.15) is 16.8 Å². The van der Waals surface area contributed by atoms with Crippen LogP contribution in [-0.4, -0.2) is 34.1 Å². The maximum Gasteiger partial charge on any atom is 0.144 e. The van der Waals surface area contributed by atoms with E-state index >= 15 is 0 Å². The molecule has 0 spiro atoms. The molecule has 3 heterocycles. The van der Waals surface area contributed by atoms with Crippen molar-refractivity contribution in [2.24, 2.45) is 0 Å². The molecule has 3 nitrogen and oxygen atoms in total. The van der Waals surface area contributed by atoms with Crippen molar-refractivity contribution in [1.29, 1.82) is 0 Å². The Hall–Kier alpha value is -2.96. The van der Waals surface area contributed by atoms with Crippen LogP contribution < -0.4 is 0 Å². The molecule has 0 N–H and O–H groups in total. The summed E-state index contributed by atoms with van der Waals surface area (Å²) in [5, 5.41) is 0.619. The summed E-state index contributed by atoms with van der Waals surface area (Å²) in [7, 11) is 0. The minimum atomic E-state index is -0.754. The number of benzene rings is 2. The van der Waals surface area contributed by atoms with Crippen molar-refractivity contribution in [2.75, 3.05) is 13.1 Å². The number of hydrogen-bond donors (Lipinski definition) is 0. The molecule has 0 radical (unpaired) electrons. The smallest absolute Gasteiger partial charge is 0.144 e. The summed E-state index contributed by atoms with van der Waals surface area (Å²) in [4.78, 5) is 12.3. The predicted octanol–water partition coefficient (Wildman–Crippen LogP) is 5.51. The van der Waals surface area contributed by atoms with Crippen LogP contribution in [0, 0.1) is 5.82 Å². The molecule has 0 saturated carbocycles. The predicted molar refractivity (Wildman–Crippen MR) is 119 cm³/mol. The fourth-order valence-electron chi connectivity index (χ4n) is 4.20. The number of allylic oxidation sites excluding steroid dienone is 2. The molecule has 2 aliphatic rings. The molecule has 0 unspecified atom stereocenters. The number of thiazole rings is 1. The van der Waals surface area contributed by atoms with Gasteiger partial charge in [-0.2, -0.15) is 0 Å². The minimum Gasteiger partial charge on any atom is -0.293 e. The number of likely N-dealkylation sites (tertiary alicyclic amines) is 1. The summed E-state index contributed by atoms with van der Waals surface area (Å²) in [6, 6.07) is 19.4. The lowest BCUT2D eigenvalue weighted by Crippen LogP contribution is -2.47. The molecule has 1 saturated heterocycles. The highest BCUT2D eigenvalue weighted by Crippen LogP contribution is 2.45. The van der Waals surface area contributed by atoms with Gasteiger partial charge in [0.2, 0.25) is 0 Å². The highest BCUT2D eigenvalue weighted by atomic mass is 32.1. The highest BCUT2D eigenvalue weighted by molar-refractivity contribution is 7.21. The van der Waals surface area contributed by atoms with Crippen LogP contribution in [-0.2, 0) is 12.0 Å². The molecular weight excluding hydrogens is 412 g/mol. The molecule has 31 heavy (non-hydrogen) atoms. The first-order chi connectivity index (χ1) is 15.1. The van der Waals surface area contributed by atoms with Crippen molar-refractivity contribution < 1.29 is 8.78 Å². The van der Waals surface area contributed by atoms with Crippen LogP contribution in [0.2, 0.25) is 0 Å². The largest absolute Gasteiger partial charge is 0.293 e. The summed E-state index contributed by atoms with van der Waals surface area (Å²) in [5.41, 5.74) is 3.99. The molecule has 0 amide bonds.